The van der Waals surface area contributed by atoms with Gasteiger partial charge in [0.2, 0.25) is 11.9 Å². The molecule has 6 heteroatoms. The Morgan fingerprint density at radius 2 is 1.96 bits per heavy atom. The van der Waals surface area contributed by atoms with E-state index in [0.29, 0.717) is 6.61 Å². The predicted octanol–water partition coefficient (Wildman–Crippen LogP) is 1.38. The molecule has 1 aliphatic carbocycles. The van der Waals surface area contributed by atoms with E-state index in [4.69, 9.17) is 4.74 Å². The summed E-state index contributed by atoms with van der Waals surface area (Å²) in [7, 11) is 0. The molecule has 4 rings (SSSR count). The van der Waals surface area contributed by atoms with Crippen molar-refractivity contribution in [1.82, 2.24) is 15.3 Å². The average molecular weight is 316 g/mol. The predicted molar refractivity (Wildman–Crippen MR) is 86.0 cm³/mol. The van der Waals surface area contributed by atoms with Crippen LogP contribution in [-0.4, -0.2) is 48.2 Å². The molecular formula is C17H24N4O2. The van der Waals surface area contributed by atoms with Crippen LogP contribution in [0.1, 0.15) is 32.1 Å². The number of aromatic nitrogens is 2. The van der Waals surface area contributed by atoms with E-state index in [0.717, 1.165) is 57.7 Å². The van der Waals surface area contributed by atoms with Crippen molar-refractivity contribution in [3.8, 4) is 0 Å². The fraction of sp³-hybridized carbons (Fsp3) is 0.706. The van der Waals surface area contributed by atoms with Crippen molar-refractivity contribution in [2.75, 3.05) is 31.2 Å². The average Bonchev–Trinajstić information content (AvgIpc) is 3.44. The zero-order valence-corrected chi connectivity index (χ0v) is 13.4. The number of carbonyl (C=O) groups excluding carboxylic acids is 1. The number of carbonyl (C=O) groups is 1. The lowest BCUT2D eigenvalue weighted by atomic mass is 9.69. The molecule has 0 bridgehead atoms. The lowest BCUT2D eigenvalue weighted by Crippen LogP contribution is -2.58. The molecule has 3 aliphatic rings. The first-order chi connectivity index (χ1) is 11.3. The maximum atomic E-state index is 12.2. The van der Waals surface area contributed by atoms with Gasteiger partial charge in [-0.1, -0.05) is 0 Å². The van der Waals surface area contributed by atoms with Gasteiger partial charge in [-0.25, -0.2) is 9.97 Å². The third kappa shape index (κ3) is 3.04. The molecular weight excluding hydrogens is 292 g/mol. The highest BCUT2D eigenvalue weighted by molar-refractivity contribution is 5.81. The highest BCUT2D eigenvalue weighted by Crippen LogP contribution is 2.42. The summed E-state index contributed by atoms with van der Waals surface area (Å²) in [6.07, 6.45) is 8.83. The Labute approximate surface area is 136 Å². The van der Waals surface area contributed by atoms with Gasteiger partial charge in [0, 0.05) is 38.0 Å². The molecule has 0 aromatic carbocycles. The van der Waals surface area contributed by atoms with Gasteiger partial charge in [-0.15, -0.1) is 0 Å². The van der Waals surface area contributed by atoms with Crippen molar-refractivity contribution in [2.45, 2.75) is 38.1 Å². The van der Waals surface area contributed by atoms with Gasteiger partial charge in [0.25, 0.3) is 0 Å². The van der Waals surface area contributed by atoms with E-state index in [1.807, 2.05) is 6.07 Å². The molecule has 1 atom stereocenters. The lowest BCUT2D eigenvalue weighted by Gasteiger charge is -2.49. The van der Waals surface area contributed by atoms with Crippen LogP contribution in [-0.2, 0) is 9.53 Å². The Bertz CT molecular complexity index is 553. The Hall–Kier alpha value is -1.69. The summed E-state index contributed by atoms with van der Waals surface area (Å²) >= 11 is 0. The third-order valence-electron chi connectivity index (χ3n) is 5.63. The number of hydrogen-bond acceptors (Lipinski definition) is 5. The second-order valence-corrected chi connectivity index (χ2v) is 7.06. The summed E-state index contributed by atoms with van der Waals surface area (Å²) in [4.78, 5) is 23.1. The van der Waals surface area contributed by atoms with Crippen LogP contribution in [0.3, 0.4) is 0 Å². The minimum Gasteiger partial charge on any atom is -0.379 e. The zero-order valence-electron chi connectivity index (χ0n) is 13.4. The highest BCUT2D eigenvalue weighted by Gasteiger charge is 2.45. The topological polar surface area (TPSA) is 67.3 Å². The van der Waals surface area contributed by atoms with Crippen LogP contribution in [0.25, 0.3) is 0 Å². The zero-order chi connectivity index (χ0) is 15.7. The summed E-state index contributed by atoms with van der Waals surface area (Å²) in [5, 5.41) is 3.28. The van der Waals surface area contributed by atoms with E-state index in [1.54, 1.807) is 12.4 Å². The van der Waals surface area contributed by atoms with Gasteiger partial charge in [0.1, 0.15) is 0 Å². The van der Waals surface area contributed by atoms with E-state index in [2.05, 4.69) is 20.2 Å². The molecule has 0 radical (unpaired) electrons. The molecule has 23 heavy (non-hydrogen) atoms. The molecule has 1 spiro atoms. The molecule has 124 valence electrons. The number of hydrogen-bond donors (Lipinski definition) is 1. The second-order valence-electron chi connectivity index (χ2n) is 7.06. The van der Waals surface area contributed by atoms with Crippen molar-refractivity contribution >= 4 is 11.9 Å². The molecule has 0 unspecified atom stereocenters. The minimum absolute atomic E-state index is 0.156. The summed E-state index contributed by atoms with van der Waals surface area (Å²) in [6.45, 7) is 3.34. The van der Waals surface area contributed by atoms with Crippen molar-refractivity contribution in [3.05, 3.63) is 18.5 Å². The van der Waals surface area contributed by atoms with Gasteiger partial charge in [-0.2, -0.15) is 0 Å². The van der Waals surface area contributed by atoms with Crippen molar-refractivity contribution < 1.29 is 9.53 Å². The number of amides is 1. The molecule has 2 saturated heterocycles. The van der Waals surface area contributed by atoms with Crippen LogP contribution >= 0.6 is 0 Å². The Kier molecular flexibility index (Phi) is 3.93. The molecule has 1 amide bonds. The van der Waals surface area contributed by atoms with Crippen molar-refractivity contribution in [3.63, 3.8) is 0 Å². The first kappa shape index (κ1) is 14.9. The van der Waals surface area contributed by atoms with E-state index < -0.39 is 0 Å². The van der Waals surface area contributed by atoms with E-state index in [-0.39, 0.29) is 23.3 Å². The molecule has 3 heterocycles. The van der Waals surface area contributed by atoms with Crippen LogP contribution in [0.15, 0.2) is 18.5 Å². The molecule has 6 nitrogen and oxygen atoms in total. The monoisotopic (exact) mass is 316 g/mol. The van der Waals surface area contributed by atoms with Crippen LogP contribution in [0.2, 0.25) is 0 Å². The quantitative estimate of drug-likeness (QED) is 0.912. The van der Waals surface area contributed by atoms with Crippen LogP contribution in [0, 0.1) is 11.3 Å². The smallest absolute Gasteiger partial charge is 0.225 e. The summed E-state index contributed by atoms with van der Waals surface area (Å²) in [5.41, 5.74) is 0.175. The van der Waals surface area contributed by atoms with Gasteiger partial charge >= 0.3 is 0 Å². The lowest BCUT2D eigenvalue weighted by molar-refractivity contribution is -0.127. The van der Waals surface area contributed by atoms with E-state index in [1.165, 1.54) is 0 Å². The van der Waals surface area contributed by atoms with E-state index in [9.17, 15) is 4.79 Å². The largest absolute Gasteiger partial charge is 0.379 e. The van der Waals surface area contributed by atoms with Crippen LogP contribution in [0.5, 0.6) is 0 Å². The number of nitrogens with zero attached hydrogens (tertiary/aromatic N) is 3. The number of ether oxygens (including phenoxy) is 1. The SMILES string of the molecule is O=C(N[C@@H]1COCCC12CCN(c1ncccn1)CC2)C1CC1. The van der Waals surface area contributed by atoms with Gasteiger partial charge in [-0.3, -0.25) is 4.79 Å². The van der Waals surface area contributed by atoms with Gasteiger partial charge in [-0.05, 0) is 43.6 Å². The molecule has 1 N–H and O–H groups in total. The molecule has 1 saturated carbocycles. The Morgan fingerprint density at radius 3 is 2.65 bits per heavy atom. The Morgan fingerprint density at radius 1 is 1.22 bits per heavy atom. The first-order valence-corrected chi connectivity index (χ1v) is 8.67. The van der Waals surface area contributed by atoms with Gasteiger partial charge in [0.15, 0.2) is 0 Å². The summed E-state index contributed by atoms with van der Waals surface area (Å²) < 4.78 is 5.67. The van der Waals surface area contributed by atoms with E-state index >= 15 is 0 Å². The number of anilines is 1. The van der Waals surface area contributed by atoms with Crippen LogP contribution in [0.4, 0.5) is 5.95 Å². The van der Waals surface area contributed by atoms with Gasteiger partial charge < -0.3 is 15.0 Å². The maximum absolute atomic E-state index is 12.2. The number of rotatable bonds is 3. The molecule has 1 aromatic rings. The standard InChI is InChI=1S/C17H24N4O2/c22-15(13-2-3-13)20-14-12-23-11-6-17(14)4-9-21(10-5-17)16-18-7-1-8-19-16/h1,7-8,13-14H,2-6,9-12H2,(H,20,22)/t14-/m1/s1. The molecule has 3 fully saturated rings. The Balaban J connectivity index is 1.43. The second kappa shape index (κ2) is 6.07. The molecule has 1 aromatic heterocycles. The third-order valence-corrected chi connectivity index (χ3v) is 5.63. The van der Waals surface area contributed by atoms with Crippen LogP contribution < -0.4 is 10.2 Å². The normalized spacial score (nSPS) is 27.0. The molecule has 2 aliphatic heterocycles. The van der Waals surface area contributed by atoms with Gasteiger partial charge in [0.05, 0.1) is 12.6 Å². The minimum atomic E-state index is 0.156. The fourth-order valence-corrected chi connectivity index (χ4v) is 3.86. The number of nitrogens with one attached hydrogen (secondary N) is 1. The summed E-state index contributed by atoms with van der Waals surface area (Å²) in [6, 6.07) is 2.00. The fourth-order valence-electron chi connectivity index (χ4n) is 3.86. The number of piperidine rings is 1. The van der Waals surface area contributed by atoms with Crippen molar-refractivity contribution in [2.24, 2.45) is 11.3 Å². The first-order valence-electron chi connectivity index (χ1n) is 8.67. The van der Waals surface area contributed by atoms with Crippen molar-refractivity contribution in [1.29, 1.82) is 0 Å². The highest BCUT2D eigenvalue weighted by atomic mass is 16.5. The maximum Gasteiger partial charge on any atom is 0.225 e. The summed E-state index contributed by atoms with van der Waals surface area (Å²) in [5.74, 6) is 1.30.